The Kier molecular flexibility index (Phi) is 1.85. The van der Waals surface area contributed by atoms with E-state index < -0.39 is 0 Å². The lowest BCUT2D eigenvalue weighted by Gasteiger charge is -2.04. The van der Waals surface area contributed by atoms with Crippen LogP contribution in [-0.2, 0) is 0 Å². The number of benzene rings is 1. The molecular formula is C9H10BrNO. The number of aryl methyl sites for hydroxylation is 1. The number of nitrogens with two attached hydrogens (primary N) is 1. The third-order valence-corrected chi connectivity index (χ3v) is 3.11. The quantitative estimate of drug-likeness (QED) is 0.738. The van der Waals surface area contributed by atoms with E-state index in [-0.39, 0.29) is 6.04 Å². The lowest BCUT2D eigenvalue weighted by atomic mass is 10.1. The number of hydrogen-bond donors (Lipinski definition) is 1. The van der Waals surface area contributed by atoms with Crippen LogP contribution in [0.2, 0.25) is 0 Å². The number of hydrogen-bond acceptors (Lipinski definition) is 2. The molecule has 64 valence electrons. The van der Waals surface area contributed by atoms with Crippen LogP contribution in [0.1, 0.15) is 17.2 Å². The van der Waals surface area contributed by atoms with Crippen molar-refractivity contribution >= 4 is 15.9 Å². The zero-order chi connectivity index (χ0) is 8.72. The lowest BCUT2D eigenvalue weighted by Crippen LogP contribution is -2.10. The van der Waals surface area contributed by atoms with Crippen LogP contribution in [-0.4, -0.2) is 6.61 Å². The smallest absolute Gasteiger partial charge is 0.138 e. The summed E-state index contributed by atoms with van der Waals surface area (Å²) >= 11 is 3.48. The molecular weight excluding hydrogens is 218 g/mol. The lowest BCUT2D eigenvalue weighted by molar-refractivity contribution is 0.331. The minimum absolute atomic E-state index is 0.0388. The molecule has 0 saturated carbocycles. The van der Waals surface area contributed by atoms with Crippen LogP contribution < -0.4 is 10.5 Å². The highest BCUT2D eigenvalue weighted by Crippen LogP contribution is 2.39. The summed E-state index contributed by atoms with van der Waals surface area (Å²) in [5.41, 5.74) is 8.11. The molecule has 1 aromatic carbocycles. The minimum Gasteiger partial charge on any atom is -0.490 e. The van der Waals surface area contributed by atoms with Gasteiger partial charge in [-0.1, -0.05) is 12.1 Å². The highest BCUT2D eigenvalue weighted by Gasteiger charge is 2.23. The van der Waals surface area contributed by atoms with E-state index >= 15 is 0 Å². The Balaban J connectivity index is 2.60. The molecule has 0 aliphatic carbocycles. The molecule has 0 bridgehead atoms. The number of ether oxygens (including phenoxy) is 1. The van der Waals surface area contributed by atoms with Crippen molar-refractivity contribution in [3.8, 4) is 5.75 Å². The largest absolute Gasteiger partial charge is 0.490 e. The molecule has 1 aliphatic rings. The summed E-state index contributed by atoms with van der Waals surface area (Å²) < 4.78 is 6.49. The molecule has 2 rings (SSSR count). The van der Waals surface area contributed by atoms with Crippen molar-refractivity contribution < 1.29 is 4.74 Å². The number of rotatable bonds is 0. The standard InChI is InChI=1S/C9H10BrNO/c1-5-2-3-6-7(11)4-12-9(6)8(5)10/h2-3,7H,4,11H2,1H3/t7-/m1/s1. The Labute approximate surface area is 79.8 Å². The maximum Gasteiger partial charge on any atom is 0.138 e. The van der Waals surface area contributed by atoms with Gasteiger partial charge >= 0.3 is 0 Å². The molecule has 2 nitrogen and oxygen atoms in total. The van der Waals surface area contributed by atoms with Crippen molar-refractivity contribution in [2.75, 3.05) is 6.61 Å². The minimum atomic E-state index is 0.0388. The zero-order valence-electron chi connectivity index (χ0n) is 6.80. The number of fused-ring (bicyclic) bond motifs is 1. The van der Waals surface area contributed by atoms with E-state index in [2.05, 4.69) is 22.0 Å². The molecule has 12 heavy (non-hydrogen) atoms. The van der Waals surface area contributed by atoms with Gasteiger partial charge in [-0.3, -0.25) is 0 Å². The average Bonchev–Trinajstić information content (AvgIpc) is 2.41. The molecule has 1 heterocycles. The first-order chi connectivity index (χ1) is 5.70. The van der Waals surface area contributed by atoms with Gasteiger partial charge < -0.3 is 10.5 Å². The van der Waals surface area contributed by atoms with Crippen molar-refractivity contribution in [1.29, 1.82) is 0 Å². The fraction of sp³-hybridized carbons (Fsp3) is 0.333. The van der Waals surface area contributed by atoms with Gasteiger partial charge in [0.2, 0.25) is 0 Å². The van der Waals surface area contributed by atoms with Crippen molar-refractivity contribution in [3.05, 3.63) is 27.7 Å². The molecule has 0 unspecified atom stereocenters. The van der Waals surface area contributed by atoms with E-state index in [1.165, 1.54) is 5.56 Å². The Morgan fingerprint density at radius 3 is 3.08 bits per heavy atom. The van der Waals surface area contributed by atoms with Crippen LogP contribution in [0.3, 0.4) is 0 Å². The van der Waals surface area contributed by atoms with Crippen LogP contribution in [0, 0.1) is 6.92 Å². The Morgan fingerprint density at radius 1 is 1.58 bits per heavy atom. The second-order valence-corrected chi connectivity index (χ2v) is 3.83. The van der Waals surface area contributed by atoms with Crippen molar-refractivity contribution in [3.63, 3.8) is 0 Å². The topological polar surface area (TPSA) is 35.2 Å². The predicted octanol–water partition coefficient (Wildman–Crippen LogP) is 2.15. The fourth-order valence-corrected chi connectivity index (χ4v) is 1.85. The SMILES string of the molecule is Cc1ccc2c(c1Br)OC[C@H]2N. The highest BCUT2D eigenvalue weighted by molar-refractivity contribution is 9.10. The fourth-order valence-electron chi connectivity index (χ4n) is 1.37. The van der Waals surface area contributed by atoms with Gasteiger partial charge in [0.05, 0.1) is 10.5 Å². The predicted molar refractivity (Wildman–Crippen MR) is 51.3 cm³/mol. The highest BCUT2D eigenvalue weighted by atomic mass is 79.9. The maximum atomic E-state index is 5.82. The van der Waals surface area contributed by atoms with Gasteiger partial charge in [-0.2, -0.15) is 0 Å². The molecule has 0 radical (unpaired) electrons. The summed E-state index contributed by atoms with van der Waals surface area (Å²) in [6, 6.07) is 4.13. The third kappa shape index (κ3) is 1.04. The van der Waals surface area contributed by atoms with Crippen LogP contribution in [0.5, 0.6) is 5.75 Å². The number of halogens is 1. The van der Waals surface area contributed by atoms with Gasteiger partial charge in [-0.05, 0) is 28.4 Å². The summed E-state index contributed by atoms with van der Waals surface area (Å²) in [5.74, 6) is 0.919. The first-order valence-corrected chi connectivity index (χ1v) is 4.67. The third-order valence-electron chi connectivity index (χ3n) is 2.13. The Hall–Kier alpha value is -0.540. The summed E-state index contributed by atoms with van der Waals surface area (Å²) in [7, 11) is 0. The summed E-state index contributed by atoms with van der Waals surface area (Å²) in [6.07, 6.45) is 0. The zero-order valence-corrected chi connectivity index (χ0v) is 8.39. The van der Waals surface area contributed by atoms with E-state index in [1.54, 1.807) is 0 Å². The first kappa shape index (κ1) is 8.08. The maximum absolute atomic E-state index is 5.82. The van der Waals surface area contributed by atoms with Gasteiger partial charge in [0, 0.05) is 5.56 Å². The van der Waals surface area contributed by atoms with E-state index in [1.807, 2.05) is 13.0 Å². The molecule has 2 N–H and O–H groups in total. The van der Waals surface area contributed by atoms with E-state index in [9.17, 15) is 0 Å². The van der Waals surface area contributed by atoms with Crippen LogP contribution >= 0.6 is 15.9 Å². The van der Waals surface area contributed by atoms with E-state index in [0.717, 1.165) is 15.8 Å². The molecule has 0 saturated heterocycles. The van der Waals surface area contributed by atoms with E-state index in [4.69, 9.17) is 10.5 Å². The molecule has 0 aromatic heterocycles. The summed E-state index contributed by atoms with van der Waals surface area (Å²) in [5, 5.41) is 0. The molecule has 1 aliphatic heterocycles. The molecule has 1 atom stereocenters. The van der Waals surface area contributed by atoms with Crippen molar-refractivity contribution in [2.45, 2.75) is 13.0 Å². The van der Waals surface area contributed by atoms with Gasteiger partial charge in [0.15, 0.2) is 0 Å². The molecule has 0 amide bonds. The van der Waals surface area contributed by atoms with E-state index in [0.29, 0.717) is 6.61 Å². The van der Waals surface area contributed by atoms with Crippen molar-refractivity contribution in [1.82, 2.24) is 0 Å². The van der Waals surface area contributed by atoms with Gasteiger partial charge in [-0.25, -0.2) is 0 Å². The van der Waals surface area contributed by atoms with Crippen LogP contribution in [0.4, 0.5) is 0 Å². The van der Waals surface area contributed by atoms with Gasteiger partial charge in [0.25, 0.3) is 0 Å². The van der Waals surface area contributed by atoms with Gasteiger partial charge in [-0.15, -0.1) is 0 Å². The summed E-state index contributed by atoms with van der Waals surface area (Å²) in [4.78, 5) is 0. The monoisotopic (exact) mass is 227 g/mol. The second-order valence-electron chi connectivity index (χ2n) is 3.03. The molecule has 0 fully saturated rings. The molecule has 3 heteroatoms. The Bertz CT molecular complexity index is 325. The Morgan fingerprint density at radius 2 is 2.33 bits per heavy atom. The normalized spacial score (nSPS) is 20.4. The average molecular weight is 228 g/mol. The molecule has 0 spiro atoms. The van der Waals surface area contributed by atoms with Crippen molar-refractivity contribution in [2.24, 2.45) is 5.73 Å². The van der Waals surface area contributed by atoms with Crippen LogP contribution in [0.15, 0.2) is 16.6 Å². The summed E-state index contributed by atoms with van der Waals surface area (Å²) in [6.45, 7) is 2.63. The van der Waals surface area contributed by atoms with Gasteiger partial charge in [0.1, 0.15) is 12.4 Å². The first-order valence-electron chi connectivity index (χ1n) is 3.87. The van der Waals surface area contributed by atoms with Crippen LogP contribution in [0.25, 0.3) is 0 Å². The molecule has 1 aromatic rings. The second kappa shape index (κ2) is 2.75.